The SMILES string of the molecule is CCCCOc1c(Cl)cc(C2C(C(=O)OC)=C(C)NC(C)=C2C(=O)OC)cc1OC. The van der Waals surface area contributed by atoms with E-state index in [9.17, 15) is 9.59 Å². The molecule has 0 unspecified atom stereocenters. The predicted octanol–water partition coefficient (Wildman–Crippen LogP) is 4.11. The lowest BCUT2D eigenvalue weighted by atomic mass is 9.80. The Labute approximate surface area is 182 Å². The maximum absolute atomic E-state index is 12.6. The molecule has 8 heteroatoms. The van der Waals surface area contributed by atoms with Gasteiger partial charge in [0.2, 0.25) is 0 Å². The van der Waals surface area contributed by atoms with Crippen LogP contribution in [0.5, 0.6) is 11.5 Å². The highest BCUT2D eigenvalue weighted by molar-refractivity contribution is 6.32. The Hall–Kier alpha value is -2.67. The summed E-state index contributed by atoms with van der Waals surface area (Å²) in [7, 11) is 4.09. The number of rotatable bonds is 8. The quantitative estimate of drug-likeness (QED) is 0.484. The van der Waals surface area contributed by atoms with Crippen LogP contribution in [-0.4, -0.2) is 39.9 Å². The van der Waals surface area contributed by atoms with Crippen molar-refractivity contribution in [1.29, 1.82) is 0 Å². The number of hydrogen-bond donors (Lipinski definition) is 1. The standard InChI is InChI=1S/C22H28ClNO6/c1-7-8-9-30-20-15(23)10-14(11-16(20)27-4)19-17(21(25)28-5)12(2)24-13(3)18(19)22(26)29-6/h10-11,19,24H,7-9H2,1-6H3. The molecule has 1 heterocycles. The van der Waals surface area contributed by atoms with Crippen molar-refractivity contribution in [3.63, 3.8) is 0 Å². The van der Waals surface area contributed by atoms with Crippen LogP contribution >= 0.6 is 11.6 Å². The van der Waals surface area contributed by atoms with Crippen molar-refractivity contribution in [3.8, 4) is 11.5 Å². The molecule has 1 N–H and O–H groups in total. The number of dihydropyridines is 1. The van der Waals surface area contributed by atoms with Crippen LogP contribution in [0.4, 0.5) is 0 Å². The molecule has 0 saturated carbocycles. The van der Waals surface area contributed by atoms with Crippen molar-refractivity contribution in [2.75, 3.05) is 27.9 Å². The molecule has 0 saturated heterocycles. The monoisotopic (exact) mass is 437 g/mol. The summed E-state index contributed by atoms with van der Waals surface area (Å²) < 4.78 is 21.3. The van der Waals surface area contributed by atoms with Crippen LogP contribution in [0, 0.1) is 0 Å². The Bertz CT molecular complexity index is 852. The third-order valence-corrected chi connectivity index (χ3v) is 5.18. The van der Waals surface area contributed by atoms with Crippen molar-refractivity contribution in [3.05, 3.63) is 45.3 Å². The van der Waals surface area contributed by atoms with Gasteiger partial charge in [0, 0.05) is 11.4 Å². The summed E-state index contributed by atoms with van der Waals surface area (Å²) in [5, 5.41) is 3.39. The molecule has 0 fully saturated rings. The fourth-order valence-corrected chi connectivity index (χ4v) is 3.73. The molecule has 1 aliphatic heterocycles. The van der Waals surface area contributed by atoms with E-state index in [1.54, 1.807) is 26.0 Å². The van der Waals surface area contributed by atoms with Crippen LogP contribution in [0.1, 0.15) is 45.1 Å². The lowest BCUT2D eigenvalue weighted by molar-refractivity contribution is -0.137. The Morgan fingerprint density at radius 2 is 1.60 bits per heavy atom. The smallest absolute Gasteiger partial charge is 0.336 e. The summed E-state index contributed by atoms with van der Waals surface area (Å²) >= 11 is 6.52. The number of methoxy groups -OCH3 is 3. The molecule has 7 nitrogen and oxygen atoms in total. The average Bonchev–Trinajstić information content (AvgIpc) is 2.73. The van der Waals surface area contributed by atoms with Gasteiger partial charge in [0.1, 0.15) is 0 Å². The molecular weight excluding hydrogens is 410 g/mol. The van der Waals surface area contributed by atoms with E-state index in [0.717, 1.165) is 12.8 Å². The second kappa shape index (κ2) is 10.4. The van der Waals surface area contributed by atoms with Crippen LogP contribution in [0.2, 0.25) is 5.02 Å². The van der Waals surface area contributed by atoms with Gasteiger partial charge in [-0.15, -0.1) is 0 Å². The summed E-state index contributed by atoms with van der Waals surface area (Å²) in [6, 6.07) is 3.39. The highest BCUT2D eigenvalue weighted by atomic mass is 35.5. The van der Waals surface area contributed by atoms with E-state index in [-0.39, 0.29) is 0 Å². The van der Waals surface area contributed by atoms with Gasteiger partial charge in [-0.1, -0.05) is 24.9 Å². The van der Waals surface area contributed by atoms with Gasteiger partial charge in [0.25, 0.3) is 0 Å². The number of hydrogen-bond acceptors (Lipinski definition) is 7. The molecule has 0 aliphatic carbocycles. The molecule has 0 radical (unpaired) electrons. The number of carbonyl (C=O) groups excluding carboxylic acids is 2. The molecule has 1 aliphatic rings. The van der Waals surface area contributed by atoms with Gasteiger partial charge in [-0.05, 0) is 38.0 Å². The van der Waals surface area contributed by atoms with Crippen LogP contribution in [0.3, 0.4) is 0 Å². The zero-order valence-corrected chi connectivity index (χ0v) is 18.9. The normalized spacial score (nSPS) is 14.4. The second-order valence-corrected chi connectivity index (χ2v) is 7.26. The Kier molecular flexibility index (Phi) is 8.17. The van der Waals surface area contributed by atoms with Crippen LogP contribution in [0.15, 0.2) is 34.7 Å². The largest absolute Gasteiger partial charge is 0.493 e. The second-order valence-electron chi connectivity index (χ2n) is 6.85. The first-order valence-corrected chi connectivity index (χ1v) is 10.0. The van der Waals surface area contributed by atoms with Crippen LogP contribution in [-0.2, 0) is 19.1 Å². The van der Waals surface area contributed by atoms with E-state index in [2.05, 4.69) is 12.2 Å². The zero-order chi connectivity index (χ0) is 22.4. The maximum Gasteiger partial charge on any atom is 0.336 e. The van der Waals surface area contributed by atoms with E-state index < -0.39 is 17.9 Å². The molecule has 0 amide bonds. The Balaban J connectivity index is 2.67. The summed E-state index contributed by atoms with van der Waals surface area (Å²) in [6.07, 6.45) is 1.85. The van der Waals surface area contributed by atoms with Crippen LogP contribution in [0.25, 0.3) is 0 Å². The van der Waals surface area contributed by atoms with E-state index in [0.29, 0.717) is 51.2 Å². The van der Waals surface area contributed by atoms with Gasteiger partial charge < -0.3 is 24.3 Å². The van der Waals surface area contributed by atoms with Crippen molar-refractivity contribution >= 4 is 23.5 Å². The van der Waals surface area contributed by atoms with Crippen LogP contribution < -0.4 is 14.8 Å². The molecule has 0 bridgehead atoms. The van der Waals surface area contributed by atoms with Crippen molar-refractivity contribution in [1.82, 2.24) is 5.32 Å². The zero-order valence-electron chi connectivity index (χ0n) is 18.2. The van der Waals surface area contributed by atoms with E-state index in [4.69, 9.17) is 30.5 Å². The fourth-order valence-electron chi connectivity index (χ4n) is 3.45. The minimum atomic E-state index is -0.748. The molecule has 1 aromatic carbocycles. The third-order valence-electron chi connectivity index (χ3n) is 4.90. The van der Waals surface area contributed by atoms with Crippen molar-refractivity contribution in [2.45, 2.75) is 39.5 Å². The number of ether oxygens (including phenoxy) is 4. The van der Waals surface area contributed by atoms with Gasteiger partial charge >= 0.3 is 11.9 Å². The first-order valence-electron chi connectivity index (χ1n) is 9.65. The molecule has 0 aromatic heterocycles. The number of benzene rings is 1. The lowest BCUT2D eigenvalue weighted by Crippen LogP contribution is -2.32. The van der Waals surface area contributed by atoms with Gasteiger partial charge in [0.05, 0.1) is 50.0 Å². The number of unbranched alkanes of at least 4 members (excludes halogenated alkanes) is 1. The van der Waals surface area contributed by atoms with E-state index >= 15 is 0 Å². The highest BCUT2D eigenvalue weighted by Crippen LogP contribution is 2.44. The molecule has 0 spiro atoms. The first-order chi connectivity index (χ1) is 14.3. The molecule has 1 aromatic rings. The summed E-state index contributed by atoms with van der Waals surface area (Å²) in [5.74, 6) is -1.03. The third kappa shape index (κ3) is 4.73. The molecule has 30 heavy (non-hydrogen) atoms. The number of esters is 2. The maximum atomic E-state index is 12.6. The summed E-state index contributed by atoms with van der Waals surface area (Å²) in [5.41, 5.74) is 2.33. The molecule has 164 valence electrons. The topological polar surface area (TPSA) is 83.1 Å². The number of allylic oxidation sites excluding steroid dienone is 2. The highest BCUT2D eigenvalue weighted by Gasteiger charge is 2.38. The Morgan fingerprint density at radius 1 is 1.03 bits per heavy atom. The Morgan fingerprint density at radius 3 is 2.07 bits per heavy atom. The minimum absolute atomic E-state index is 0.293. The lowest BCUT2D eigenvalue weighted by Gasteiger charge is -2.30. The van der Waals surface area contributed by atoms with Crippen molar-refractivity contribution in [2.24, 2.45) is 0 Å². The molecule has 0 atom stereocenters. The summed E-state index contributed by atoms with van der Waals surface area (Å²) in [6.45, 7) is 6.06. The van der Waals surface area contributed by atoms with Gasteiger partial charge in [-0.25, -0.2) is 9.59 Å². The molecule has 2 rings (SSSR count). The fraction of sp³-hybridized carbons (Fsp3) is 0.455. The van der Waals surface area contributed by atoms with E-state index in [1.165, 1.54) is 21.3 Å². The average molecular weight is 438 g/mol. The van der Waals surface area contributed by atoms with Gasteiger partial charge in [0.15, 0.2) is 11.5 Å². The number of nitrogens with one attached hydrogen (secondary N) is 1. The predicted molar refractivity (Wildman–Crippen MR) is 114 cm³/mol. The van der Waals surface area contributed by atoms with Crippen molar-refractivity contribution < 1.29 is 28.5 Å². The van der Waals surface area contributed by atoms with Gasteiger partial charge in [-0.2, -0.15) is 0 Å². The molecular formula is C22H28ClNO6. The number of halogens is 1. The number of carbonyl (C=O) groups is 2. The van der Waals surface area contributed by atoms with E-state index in [1.807, 2.05) is 0 Å². The van der Waals surface area contributed by atoms with Gasteiger partial charge in [-0.3, -0.25) is 0 Å². The first kappa shape index (κ1) is 23.6. The summed E-state index contributed by atoms with van der Waals surface area (Å²) in [4.78, 5) is 25.2. The minimum Gasteiger partial charge on any atom is -0.493 e.